The molecule has 0 radical (unpaired) electrons. The number of benzene rings is 1. The molecular formula is C14H15NO. The molecule has 2 aliphatic rings. The molecule has 0 aromatic heterocycles. The summed E-state index contributed by atoms with van der Waals surface area (Å²) in [6.45, 7) is 1.02. The molecule has 1 aliphatic heterocycles. The number of carbonyl (C=O) groups excluding carboxylic acids is 1. The molecule has 1 saturated heterocycles. The van der Waals surface area contributed by atoms with E-state index in [4.69, 9.17) is 0 Å². The molecule has 1 heterocycles. The first-order valence-corrected chi connectivity index (χ1v) is 5.95. The predicted molar refractivity (Wildman–Crippen MR) is 63.4 cm³/mol. The maximum atomic E-state index is 12.2. The van der Waals surface area contributed by atoms with Gasteiger partial charge in [-0.1, -0.05) is 24.3 Å². The van der Waals surface area contributed by atoms with Crippen molar-refractivity contribution in [3.63, 3.8) is 0 Å². The van der Waals surface area contributed by atoms with Gasteiger partial charge in [-0.05, 0) is 24.8 Å². The van der Waals surface area contributed by atoms with Crippen molar-refractivity contribution in [3.05, 3.63) is 46.7 Å². The van der Waals surface area contributed by atoms with Crippen LogP contribution in [0.4, 0.5) is 0 Å². The average Bonchev–Trinajstić information content (AvgIpc) is 2.69. The molecule has 3 rings (SSSR count). The Morgan fingerprint density at radius 2 is 2.00 bits per heavy atom. The Kier molecular flexibility index (Phi) is 2.28. The second kappa shape index (κ2) is 3.78. The van der Waals surface area contributed by atoms with Crippen molar-refractivity contribution in [1.29, 1.82) is 0 Å². The van der Waals surface area contributed by atoms with Gasteiger partial charge >= 0.3 is 0 Å². The molecule has 1 fully saturated rings. The monoisotopic (exact) mass is 213 g/mol. The topological polar surface area (TPSA) is 29.1 Å². The van der Waals surface area contributed by atoms with E-state index in [0.29, 0.717) is 0 Å². The van der Waals surface area contributed by atoms with Crippen molar-refractivity contribution in [2.24, 2.45) is 0 Å². The van der Waals surface area contributed by atoms with Crippen LogP contribution in [0.15, 0.2) is 35.5 Å². The van der Waals surface area contributed by atoms with Crippen molar-refractivity contribution in [2.75, 3.05) is 6.54 Å². The maximum Gasteiger partial charge on any atom is 0.191 e. The molecule has 0 saturated carbocycles. The van der Waals surface area contributed by atoms with Crippen LogP contribution in [0.2, 0.25) is 0 Å². The third kappa shape index (κ3) is 1.45. The van der Waals surface area contributed by atoms with Gasteiger partial charge in [0.25, 0.3) is 0 Å². The van der Waals surface area contributed by atoms with Gasteiger partial charge < -0.3 is 5.32 Å². The summed E-state index contributed by atoms with van der Waals surface area (Å²) in [5.41, 5.74) is 4.27. The molecule has 0 spiro atoms. The molecule has 0 atom stereocenters. The number of piperidine rings is 1. The number of hydrogen-bond acceptors (Lipinski definition) is 2. The Balaban J connectivity index is 2.00. The van der Waals surface area contributed by atoms with Gasteiger partial charge in [-0.2, -0.15) is 0 Å². The van der Waals surface area contributed by atoms with Gasteiger partial charge in [0, 0.05) is 29.8 Å². The highest BCUT2D eigenvalue weighted by Gasteiger charge is 2.27. The summed E-state index contributed by atoms with van der Waals surface area (Å²) in [6, 6.07) is 7.95. The van der Waals surface area contributed by atoms with E-state index in [-0.39, 0.29) is 5.78 Å². The van der Waals surface area contributed by atoms with Crippen molar-refractivity contribution in [2.45, 2.75) is 25.7 Å². The number of ketones is 1. The van der Waals surface area contributed by atoms with Crippen LogP contribution < -0.4 is 5.32 Å². The summed E-state index contributed by atoms with van der Waals surface area (Å²) in [6.07, 6.45) is 4.28. The van der Waals surface area contributed by atoms with Gasteiger partial charge in [-0.15, -0.1) is 0 Å². The normalized spacial score (nSPS) is 24.1. The first kappa shape index (κ1) is 9.64. The highest BCUT2D eigenvalue weighted by molar-refractivity contribution is 6.13. The Bertz CT molecular complexity index is 465. The van der Waals surface area contributed by atoms with Crippen molar-refractivity contribution in [1.82, 2.24) is 5.32 Å². The molecule has 0 amide bonds. The Morgan fingerprint density at radius 1 is 1.12 bits per heavy atom. The highest BCUT2D eigenvalue weighted by Crippen LogP contribution is 2.29. The summed E-state index contributed by atoms with van der Waals surface area (Å²) in [4.78, 5) is 12.2. The molecule has 0 unspecified atom stereocenters. The maximum absolute atomic E-state index is 12.2. The van der Waals surface area contributed by atoms with Crippen LogP contribution >= 0.6 is 0 Å². The SMILES string of the molecule is O=C1/C(=C2/CCCCN2)Cc2ccccc21. The van der Waals surface area contributed by atoms with Crippen LogP contribution in [0.25, 0.3) is 0 Å². The fourth-order valence-electron chi connectivity index (χ4n) is 2.59. The molecule has 2 heteroatoms. The van der Waals surface area contributed by atoms with Gasteiger partial charge in [0.15, 0.2) is 5.78 Å². The van der Waals surface area contributed by atoms with E-state index in [9.17, 15) is 4.79 Å². The van der Waals surface area contributed by atoms with Crippen LogP contribution in [-0.2, 0) is 6.42 Å². The van der Waals surface area contributed by atoms with Crippen molar-refractivity contribution < 1.29 is 4.79 Å². The Hall–Kier alpha value is -1.57. The van der Waals surface area contributed by atoms with E-state index in [1.165, 1.54) is 24.1 Å². The summed E-state index contributed by atoms with van der Waals surface area (Å²) in [5.74, 6) is 0.236. The van der Waals surface area contributed by atoms with Gasteiger partial charge in [0.2, 0.25) is 0 Å². The number of allylic oxidation sites excluding steroid dienone is 2. The van der Waals surface area contributed by atoms with Crippen LogP contribution in [0.5, 0.6) is 0 Å². The first-order chi connectivity index (χ1) is 7.86. The lowest BCUT2D eigenvalue weighted by Gasteiger charge is -2.18. The van der Waals surface area contributed by atoms with E-state index < -0.39 is 0 Å². The molecule has 0 bridgehead atoms. The lowest BCUT2D eigenvalue weighted by atomic mass is 10.0. The van der Waals surface area contributed by atoms with E-state index in [1.54, 1.807) is 0 Å². The largest absolute Gasteiger partial charge is 0.388 e. The number of carbonyl (C=O) groups is 1. The van der Waals surface area contributed by atoms with Crippen LogP contribution in [0.3, 0.4) is 0 Å². The van der Waals surface area contributed by atoms with E-state index in [0.717, 1.165) is 30.5 Å². The third-order valence-electron chi connectivity index (χ3n) is 3.46. The third-order valence-corrected chi connectivity index (χ3v) is 3.46. The summed E-state index contributed by atoms with van der Waals surface area (Å²) in [7, 11) is 0. The zero-order valence-corrected chi connectivity index (χ0v) is 9.25. The fourth-order valence-corrected chi connectivity index (χ4v) is 2.59. The van der Waals surface area contributed by atoms with Gasteiger partial charge in [0.1, 0.15) is 0 Å². The number of Topliss-reactive ketones (excluding diaryl/α,β-unsaturated/α-hetero) is 1. The van der Waals surface area contributed by atoms with E-state index in [2.05, 4.69) is 11.4 Å². The second-order valence-electron chi connectivity index (χ2n) is 4.50. The standard InChI is InChI=1S/C14H15NO/c16-14-11-6-2-1-5-10(11)9-12(14)13-7-3-4-8-15-13/h1-2,5-6,15H,3-4,7-9H2/b13-12-. The Labute approximate surface area is 95.4 Å². The number of fused-ring (bicyclic) bond motifs is 1. The summed E-state index contributed by atoms with van der Waals surface area (Å²) in [5, 5.41) is 3.39. The molecule has 1 aromatic carbocycles. The second-order valence-corrected chi connectivity index (χ2v) is 4.50. The number of hydrogen-bond donors (Lipinski definition) is 1. The molecule has 82 valence electrons. The van der Waals surface area contributed by atoms with Gasteiger partial charge in [-0.25, -0.2) is 0 Å². The van der Waals surface area contributed by atoms with Crippen molar-refractivity contribution >= 4 is 5.78 Å². The summed E-state index contributed by atoms with van der Waals surface area (Å²) >= 11 is 0. The molecule has 1 N–H and O–H groups in total. The van der Waals surface area contributed by atoms with Gasteiger partial charge in [-0.3, -0.25) is 4.79 Å². The highest BCUT2D eigenvalue weighted by atomic mass is 16.1. The van der Waals surface area contributed by atoms with Crippen LogP contribution in [0, 0.1) is 0 Å². The predicted octanol–water partition coefficient (Wildman–Crippen LogP) is 2.45. The van der Waals surface area contributed by atoms with Gasteiger partial charge in [0.05, 0.1) is 0 Å². The average molecular weight is 213 g/mol. The number of rotatable bonds is 0. The van der Waals surface area contributed by atoms with E-state index in [1.807, 2.05) is 18.2 Å². The minimum Gasteiger partial charge on any atom is -0.388 e. The zero-order chi connectivity index (χ0) is 11.0. The Morgan fingerprint density at radius 3 is 2.75 bits per heavy atom. The lowest BCUT2D eigenvalue weighted by Crippen LogP contribution is -2.23. The molecule has 16 heavy (non-hydrogen) atoms. The quantitative estimate of drug-likeness (QED) is 0.671. The van der Waals surface area contributed by atoms with Crippen LogP contribution in [0.1, 0.15) is 35.2 Å². The summed E-state index contributed by atoms with van der Waals surface area (Å²) < 4.78 is 0. The van der Waals surface area contributed by atoms with Crippen molar-refractivity contribution in [3.8, 4) is 0 Å². The van der Waals surface area contributed by atoms with E-state index >= 15 is 0 Å². The molecule has 1 aromatic rings. The molecule has 2 nitrogen and oxygen atoms in total. The number of nitrogens with one attached hydrogen (secondary N) is 1. The minimum atomic E-state index is 0.236. The smallest absolute Gasteiger partial charge is 0.191 e. The lowest BCUT2D eigenvalue weighted by molar-refractivity contribution is 0.103. The molecular weight excluding hydrogens is 198 g/mol. The first-order valence-electron chi connectivity index (χ1n) is 5.95. The molecule has 1 aliphatic carbocycles. The fraction of sp³-hybridized carbons (Fsp3) is 0.357. The minimum absolute atomic E-state index is 0.236. The van der Waals surface area contributed by atoms with Crippen LogP contribution in [-0.4, -0.2) is 12.3 Å². The zero-order valence-electron chi connectivity index (χ0n) is 9.25.